The predicted octanol–water partition coefficient (Wildman–Crippen LogP) is 4.30. The highest BCUT2D eigenvalue weighted by Crippen LogP contribution is 2.47. The molecule has 1 N–H and O–H groups in total. The van der Waals surface area contributed by atoms with Crippen LogP contribution in [0.15, 0.2) is 18.2 Å². The molecule has 1 atom stereocenters. The standard InChI is InChI=1S/C14H9ClF6N2O/c15-6-3-7(16)5-8(4-6)23-9-1-2-13(17,18)12(24)10(9)11(22-23)14(19,20)21/h3-5,12,24H,1-2H2. The normalized spacial score (nSPS) is 20.1. The van der Waals surface area contributed by atoms with Crippen LogP contribution in [-0.2, 0) is 12.6 Å². The molecule has 130 valence electrons. The van der Waals surface area contributed by atoms with E-state index < -0.39 is 48.1 Å². The SMILES string of the molecule is OC1c2c(C(F)(F)F)nn(-c3cc(F)cc(Cl)c3)c2CCC1(F)F. The van der Waals surface area contributed by atoms with Crippen LogP contribution in [0.25, 0.3) is 5.69 Å². The number of hydrogen-bond acceptors (Lipinski definition) is 2. The van der Waals surface area contributed by atoms with Crippen molar-refractivity contribution < 1.29 is 31.4 Å². The van der Waals surface area contributed by atoms with Crippen LogP contribution in [0.3, 0.4) is 0 Å². The number of nitrogens with zero attached hydrogens (tertiary/aromatic N) is 2. The summed E-state index contributed by atoms with van der Waals surface area (Å²) in [7, 11) is 0. The van der Waals surface area contributed by atoms with Gasteiger partial charge in [-0.25, -0.2) is 17.9 Å². The first-order valence-corrected chi connectivity index (χ1v) is 7.10. The van der Waals surface area contributed by atoms with Gasteiger partial charge in [-0.3, -0.25) is 0 Å². The van der Waals surface area contributed by atoms with E-state index in [4.69, 9.17) is 11.6 Å². The Morgan fingerprint density at radius 2 is 1.92 bits per heavy atom. The summed E-state index contributed by atoms with van der Waals surface area (Å²) >= 11 is 5.68. The van der Waals surface area contributed by atoms with E-state index >= 15 is 0 Å². The highest BCUT2D eigenvalue weighted by molar-refractivity contribution is 6.30. The maximum Gasteiger partial charge on any atom is 0.435 e. The van der Waals surface area contributed by atoms with Gasteiger partial charge in [0.15, 0.2) is 5.69 Å². The predicted molar refractivity (Wildman–Crippen MR) is 71.8 cm³/mol. The summed E-state index contributed by atoms with van der Waals surface area (Å²) in [6.45, 7) is 0. The van der Waals surface area contributed by atoms with Crippen LogP contribution >= 0.6 is 11.6 Å². The Balaban J connectivity index is 2.27. The Bertz CT molecular complexity index is 781. The van der Waals surface area contributed by atoms with Crippen molar-refractivity contribution in [3.8, 4) is 5.69 Å². The van der Waals surface area contributed by atoms with Crippen molar-refractivity contribution in [3.05, 3.63) is 46.0 Å². The first-order valence-electron chi connectivity index (χ1n) is 6.72. The fourth-order valence-electron chi connectivity index (χ4n) is 2.71. The van der Waals surface area contributed by atoms with Crippen molar-refractivity contribution in [1.29, 1.82) is 0 Å². The van der Waals surface area contributed by atoms with Gasteiger partial charge in [-0.1, -0.05) is 11.6 Å². The second kappa shape index (κ2) is 5.38. The van der Waals surface area contributed by atoms with Gasteiger partial charge in [0.05, 0.1) is 11.4 Å². The van der Waals surface area contributed by atoms with Crippen molar-refractivity contribution in [2.75, 3.05) is 0 Å². The Hall–Kier alpha value is -1.74. The highest BCUT2D eigenvalue weighted by atomic mass is 35.5. The molecular weight excluding hydrogens is 362 g/mol. The average Bonchev–Trinajstić information content (AvgIpc) is 2.82. The van der Waals surface area contributed by atoms with E-state index in [1.807, 2.05) is 0 Å². The quantitative estimate of drug-likeness (QED) is 0.760. The second-order valence-electron chi connectivity index (χ2n) is 5.41. The number of hydrogen-bond donors (Lipinski definition) is 1. The van der Waals surface area contributed by atoms with Gasteiger partial charge >= 0.3 is 6.18 Å². The molecule has 1 heterocycles. The lowest BCUT2D eigenvalue weighted by Crippen LogP contribution is -2.33. The number of benzene rings is 1. The molecule has 0 amide bonds. The highest BCUT2D eigenvalue weighted by Gasteiger charge is 2.51. The summed E-state index contributed by atoms with van der Waals surface area (Å²) in [5.41, 5.74) is -3.00. The van der Waals surface area contributed by atoms with Gasteiger partial charge < -0.3 is 5.11 Å². The van der Waals surface area contributed by atoms with Gasteiger partial charge in [0, 0.05) is 17.0 Å². The largest absolute Gasteiger partial charge is 0.435 e. The molecule has 1 aliphatic rings. The second-order valence-corrected chi connectivity index (χ2v) is 5.85. The van der Waals surface area contributed by atoms with E-state index in [0.29, 0.717) is 4.68 Å². The van der Waals surface area contributed by atoms with E-state index in [2.05, 4.69) is 5.10 Å². The molecule has 10 heteroatoms. The summed E-state index contributed by atoms with van der Waals surface area (Å²) in [5, 5.41) is 12.9. The molecule has 1 aromatic heterocycles. The molecule has 1 aromatic carbocycles. The maximum atomic E-state index is 13.6. The van der Waals surface area contributed by atoms with Crippen LogP contribution in [-0.4, -0.2) is 20.8 Å². The Labute approximate surface area is 136 Å². The lowest BCUT2D eigenvalue weighted by Gasteiger charge is -2.28. The molecule has 1 unspecified atom stereocenters. The number of rotatable bonds is 1. The van der Waals surface area contributed by atoms with Crippen LogP contribution < -0.4 is 0 Å². The van der Waals surface area contributed by atoms with Crippen LogP contribution in [0.4, 0.5) is 26.3 Å². The molecule has 2 aromatic rings. The third kappa shape index (κ3) is 2.75. The zero-order valence-corrected chi connectivity index (χ0v) is 12.5. The Kier molecular flexibility index (Phi) is 3.83. The van der Waals surface area contributed by atoms with E-state index in [9.17, 15) is 31.4 Å². The monoisotopic (exact) mass is 370 g/mol. The molecule has 0 saturated carbocycles. The summed E-state index contributed by atoms with van der Waals surface area (Å²) in [6, 6.07) is 2.96. The van der Waals surface area contributed by atoms with Crippen molar-refractivity contribution in [2.45, 2.75) is 31.0 Å². The van der Waals surface area contributed by atoms with E-state index in [1.54, 1.807) is 0 Å². The molecule has 3 nitrogen and oxygen atoms in total. The molecule has 0 fully saturated rings. The molecular formula is C14H9ClF6N2O. The fraction of sp³-hybridized carbons (Fsp3) is 0.357. The number of fused-ring (bicyclic) bond motifs is 1. The summed E-state index contributed by atoms with van der Waals surface area (Å²) in [4.78, 5) is 0. The minimum atomic E-state index is -5.05. The molecule has 1 aliphatic carbocycles. The first-order chi connectivity index (χ1) is 11.0. The molecule has 0 aliphatic heterocycles. The summed E-state index contributed by atoms with van der Waals surface area (Å²) < 4.78 is 80.9. The van der Waals surface area contributed by atoms with E-state index in [-0.39, 0.29) is 16.4 Å². The molecule has 24 heavy (non-hydrogen) atoms. The zero-order valence-electron chi connectivity index (χ0n) is 11.7. The molecule has 0 spiro atoms. The molecule has 3 rings (SSSR count). The fourth-order valence-corrected chi connectivity index (χ4v) is 2.93. The van der Waals surface area contributed by atoms with Crippen molar-refractivity contribution in [3.63, 3.8) is 0 Å². The van der Waals surface area contributed by atoms with Gasteiger partial charge in [-0.15, -0.1) is 0 Å². The number of aliphatic hydroxyl groups is 1. The van der Waals surface area contributed by atoms with Crippen molar-refractivity contribution in [1.82, 2.24) is 9.78 Å². The van der Waals surface area contributed by atoms with Crippen LogP contribution in [0, 0.1) is 5.82 Å². The van der Waals surface area contributed by atoms with E-state index in [1.165, 1.54) is 0 Å². The Morgan fingerprint density at radius 1 is 1.25 bits per heavy atom. The first kappa shape index (κ1) is 17.1. The van der Waals surface area contributed by atoms with Gasteiger partial charge in [0.2, 0.25) is 0 Å². The Morgan fingerprint density at radius 3 is 2.50 bits per heavy atom. The van der Waals surface area contributed by atoms with E-state index in [0.717, 1.165) is 18.2 Å². The third-order valence-corrected chi connectivity index (χ3v) is 3.97. The number of aromatic nitrogens is 2. The minimum Gasteiger partial charge on any atom is -0.382 e. The topological polar surface area (TPSA) is 38.1 Å². The minimum absolute atomic E-state index is 0.0931. The molecule has 0 bridgehead atoms. The smallest absolute Gasteiger partial charge is 0.382 e. The number of halogens is 7. The number of alkyl halides is 5. The van der Waals surface area contributed by atoms with Crippen LogP contribution in [0.2, 0.25) is 5.02 Å². The van der Waals surface area contributed by atoms with Gasteiger partial charge in [-0.2, -0.15) is 18.3 Å². The molecule has 0 radical (unpaired) electrons. The third-order valence-electron chi connectivity index (χ3n) is 3.75. The summed E-state index contributed by atoms with van der Waals surface area (Å²) in [6.07, 6.45) is -9.01. The van der Waals surface area contributed by atoms with Gasteiger partial charge in [-0.05, 0) is 24.6 Å². The lowest BCUT2D eigenvalue weighted by molar-refractivity contribution is -0.150. The lowest BCUT2D eigenvalue weighted by atomic mass is 9.89. The van der Waals surface area contributed by atoms with Crippen molar-refractivity contribution in [2.24, 2.45) is 0 Å². The van der Waals surface area contributed by atoms with Crippen LogP contribution in [0.1, 0.15) is 29.5 Å². The average molecular weight is 371 g/mol. The van der Waals surface area contributed by atoms with Crippen molar-refractivity contribution >= 4 is 11.6 Å². The van der Waals surface area contributed by atoms with Gasteiger partial charge in [0.25, 0.3) is 5.92 Å². The zero-order chi connectivity index (χ0) is 17.9. The van der Waals surface area contributed by atoms with Gasteiger partial charge in [0.1, 0.15) is 11.9 Å². The number of aliphatic hydroxyl groups excluding tert-OH is 1. The molecule has 0 saturated heterocycles. The maximum absolute atomic E-state index is 13.6. The summed E-state index contributed by atoms with van der Waals surface area (Å²) in [5.74, 6) is -4.53. The van der Waals surface area contributed by atoms with Crippen LogP contribution in [0.5, 0.6) is 0 Å².